The van der Waals surface area contributed by atoms with E-state index in [0.29, 0.717) is 0 Å². The highest BCUT2D eigenvalue weighted by Crippen LogP contribution is 2.36. The molecule has 0 fully saturated rings. The van der Waals surface area contributed by atoms with Crippen molar-refractivity contribution in [1.29, 1.82) is 0 Å². The van der Waals surface area contributed by atoms with Crippen molar-refractivity contribution in [2.75, 3.05) is 12.1 Å². The number of rotatable bonds is 3. The van der Waals surface area contributed by atoms with Crippen LogP contribution in [0.3, 0.4) is 0 Å². The van der Waals surface area contributed by atoms with Gasteiger partial charge in [-0.3, -0.25) is 0 Å². The van der Waals surface area contributed by atoms with Crippen molar-refractivity contribution in [1.82, 2.24) is 9.97 Å². The highest BCUT2D eigenvalue weighted by molar-refractivity contribution is 7.13. The Morgan fingerprint density at radius 1 is 0.920 bits per heavy atom. The molecular weight excluding hydrogens is 334 g/mol. The minimum absolute atomic E-state index is 0.262. The number of benzene rings is 2. The van der Waals surface area contributed by atoms with E-state index in [1.807, 2.05) is 60.0 Å². The van der Waals surface area contributed by atoms with Crippen molar-refractivity contribution >= 4 is 33.7 Å². The maximum Gasteiger partial charge on any atom is 0.231 e. The molecule has 6 heteroatoms. The summed E-state index contributed by atoms with van der Waals surface area (Å²) in [4.78, 5) is 10.5. The van der Waals surface area contributed by atoms with Crippen LogP contribution in [0.5, 0.6) is 11.5 Å². The molecule has 0 bridgehead atoms. The first-order chi connectivity index (χ1) is 12.4. The van der Waals surface area contributed by atoms with E-state index in [4.69, 9.17) is 19.4 Å². The Labute approximate surface area is 147 Å². The van der Waals surface area contributed by atoms with Gasteiger partial charge in [0.05, 0.1) is 10.4 Å². The molecule has 5 nitrogen and oxygen atoms in total. The van der Waals surface area contributed by atoms with Crippen LogP contribution in [0.4, 0.5) is 11.5 Å². The summed E-state index contributed by atoms with van der Waals surface area (Å²) < 4.78 is 10.8. The summed E-state index contributed by atoms with van der Waals surface area (Å²) in [5.41, 5.74) is 1.80. The Morgan fingerprint density at radius 2 is 1.84 bits per heavy atom. The van der Waals surface area contributed by atoms with Crippen LogP contribution in [0.15, 0.2) is 60.0 Å². The molecule has 0 amide bonds. The van der Waals surface area contributed by atoms with Crippen LogP contribution in [-0.4, -0.2) is 16.8 Å². The molecule has 122 valence electrons. The molecule has 1 aliphatic rings. The fourth-order valence-electron chi connectivity index (χ4n) is 2.80. The second kappa shape index (κ2) is 5.75. The fraction of sp³-hybridized carbons (Fsp3) is 0.0526. The Morgan fingerprint density at radius 3 is 2.76 bits per heavy atom. The third kappa shape index (κ3) is 2.56. The Balaban J connectivity index is 1.62. The third-order valence-electron chi connectivity index (χ3n) is 3.98. The number of thiophene rings is 1. The molecule has 1 aliphatic heterocycles. The molecule has 3 heterocycles. The number of hydrogen-bond acceptors (Lipinski definition) is 6. The average Bonchev–Trinajstić information content (AvgIpc) is 3.33. The summed E-state index contributed by atoms with van der Waals surface area (Å²) in [6, 6.07) is 17.8. The maximum absolute atomic E-state index is 5.45. The lowest BCUT2D eigenvalue weighted by Crippen LogP contribution is -1.98. The lowest BCUT2D eigenvalue weighted by molar-refractivity contribution is 0.174. The molecule has 4 aromatic rings. The van der Waals surface area contributed by atoms with Gasteiger partial charge in [0.1, 0.15) is 5.82 Å². The number of hydrogen-bond donors (Lipinski definition) is 1. The highest BCUT2D eigenvalue weighted by atomic mass is 32.1. The zero-order valence-electron chi connectivity index (χ0n) is 13.1. The summed E-state index contributed by atoms with van der Waals surface area (Å²) >= 11 is 1.63. The summed E-state index contributed by atoms with van der Waals surface area (Å²) in [5.74, 6) is 2.99. The average molecular weight is 347 g/mol. The normalized spacial score (nSPS) is 12.5. The molecule has 2 aromatic carbocycles. The standard InChI is InChI=1S/C19H13N3O2S/c1-2-5-14-13(4-1)18(22-19(21-14)17-6-3-9-25-17)20-12-7-8-15-16(10-12)24-11-23-15/h1-10H,11H2,(H,20,21,22). The van der Waals surface area contributed by atoms with Gasteiger partial charge in [-0.2, -0.15) is 0 Å². The predicted molar refractivity (Wildman–Crippen MR) is 98.7 cm³/mol. The zero-order valence-corrected chi connectivity index (χ0v) is 13.9. The van der Waals surface area contributed by atoms with Gasteiger partial charge in [-0.25, -0.2) is 9.97 Å². The lowest BCUT2D eigenvalue weighted by Gasteiger charge is -2.11. The van der Waals surface area contributed by atoms with Crippen LogP contribution >= 0.6 is 11.3 Å². The van der Waals surface area contributed by atoms with Gasteiger partial charge < -0.3 is 14.8 Å². The number of fused-ring (bicyclic) bond motifs is 2. The van der Waals surface area contributed by atoms with Gasteiger partial charge in [0.25, 0.3) is 0 Å². The van der Waals surface area contributed by atoms with Gasteiger partial charge in [-0.15, -0.1) is 11.3 Å². The number of ether oxygens (including phenoxy) is 2. The van der Waals surface area contributed by atoms with E-state index in [1.165, 1.54) is 0 Å². The van der Waals surface area contributed by atoms with Gasteiger partial charge in [0, 0.05) is 17.1 Å². The first-order valence-electron chi connectivity index (χ1n) is 7.84. The SMILES string of the molecule is c1csc(-c2nc(Nc3ccc4c(c3)OCO4)c3ccccc3n2)c1. The topological polar surface area (TPSA) is 56.3 Å². The van der Waals surface area contributed by atoms with Crippen molar-refractivity contribution in [2.24, 2.45) is 0 Å². The van der Waals surface area contributed by atoms with Crippen LogP contribution in [0.1, 0.15) is 0 Å². The molecule has 0 spiro atoms. The van der Waals surface area contributed by atoms with Crippen molar-refractivity contribution in [3.05, 3.63) is 60.0 Å². The molecule has 2 aromatic heterocycles. The number of nitrogens with zero attached hydrogens (tertiary/aromatic N) is 2. The number of anilines is 2. The number of aromatic nitrogens is 2. The van der Waals surface area contributed by atoms with Gasteiger partial charge in [-0.1, -0.05) is 18.2 Å². The van der Waals surface area contributed by atoms with E-state index in [9.17, 15) is 0 Å². The molecule has 0 unspecified atom stereocenters. The molecular formula is C19H13N3O2S. The molecule has 0 saturated heterocycles. The van der Waals surface area contributed by atoms with E-state index in [0.717, 1.165) is 44.6 Å². The van der Waals surface area contributed by atoms with E-state index < -0.39 is 0 Å². The molecule has 0 saturated carbocycles. The smallest absolute Gasteiger partial charge is 0.231 e. The van der Waals surface area contributed by atoms with Crippen molar-refractivity contribution in [3.63, 3.8) is 0 Å². The Kier molecular flexibility index (Phi) is 3.28. The van der Waals surface area contributed by atoms with Gasteiger partial charge >= 0.3 is 0 Å². The lowest BCUT2D eigenvalue weighted by atomic mass is 10.2. The molecule has 0 radical (unpaired) electrons. The van der Waals surface area contributed by atoms with Crippen LogP contribution in [0.25, 0.3) is 21.6 Å². The van der Waals surface area contributed by atoms with E-state index in [-0.39, 0.29) is 6.79 Å². The van der Waals surface area contributed by atoms with E-state index >= 15 is 0 Å². The predicted octanol–water partition coefficient (Wildman–Crippen LogP) is 4.83. The molecule has 1 N–H and O–H groups in total. The second-order valence-electron chi connectivity index (χ2n) is 5.58. The van der Waals surface area contributed by atoms with Crippen molar-refractivity contribution in [3.8, 4) is 22.2 Å². The van der Waals surface area contributed by atoms with Crippen LogP contribution < -0.4 is 14.8 Å². The maximum atomic E-state index is 5.45. The zero-order chi connectivity index (χ0) is 16.6. The second-order valence-corrected chi connectivity index (χ2v) is 6.53. The largest absolute Gasteiger partial charge is 0.454 e. The Bertz CT molecular complexity index is 1060. The van der Waals surface area contributed by atoms with Crippen LogP contribution in [0.2, 0.25) is 0 Å². The summed E-state index contributed by atoms with van der Waals surface area (Å²) in [6.07, 6.45) is 0. The van der Waals surface area contributed by atoms with Crippen molar-refractivity contribution in [2.45, 2.75) is 0 Å². The minimum atomic E-state index is 0.262. The fourth-order valence-corrected chi connectivity index (χ4v) is 3.46. The van der Waals surface area contributed by atoms with Crippen molar-refractivity contribution < 1.29 is 9.47 Å². The minimum Gasteiger partial charge on any atom is -0.454 e. The third-order valence-corrected chi connectivity index (χ3v) is 4.85. The highest BCUT2D eigenvalue weighted by Gasteiger charge is 2.15. The molecule has 0 atom stereocenters. The summed E-state index contributed by atoms with van der Waals surface area (Å²) in [7, 11) is 0. The van der Waals surface area contributed by atoms with Crippen LogP contribution in [-0.2, 0) is 0 Å². The number of nitrogens with one attached hydrogen (secondary N) is 1. The summed E-state index contributed by atoms with van der Waals surface area (Å²) in [6.45, 7) is 0.262. The van der Waals surface area contributed by atoms with E-state index in [1.54, 1.807) is 11.3 Å². The first kappa shape index (κ1) is 14.2. The van der Waals surface area contributed by atoms with Gasteiger partial charge in [-0.05, 0) is 35.7 Å². The quantitative estimate of drug-likeness (QED) is 0.575. The summed E-state index contributed by atoms with van der Waals surface area (Å²) in [5, 5.41) is 6.40. The van der Waals surface area contributed by atoms with Crippen LogP contribution in [0, 0.1) is 0 Å². The molecule has 25 heavy (non-hydrogen) atoms. The Hall–Kier alpha value is -3.12. The van der Waals surface area contributed by atoms with Gasteiger partial charge in [0.15, 0.2) is 17.3 Å². The monoisotopic (exact) mass is 347 g/mol. The molecule has 0 aliphatic carbocycles. The van der Waals surface area contributed by atoms with Gasteiger partial charge in [0.2, 0.25) is 6.79 Å². The molecule has 5 rings (SSSR count). The first-order valence-corrected chi connectivity index (χ1v) is 8.72. The number of para-hydroxylation sites is 1. The van der Waals surface area contributed by atoms with E-state index in [2.05, 4.69) is 5.32 Å².